The smallest absolute Gasteiger partial charge is 0.242 e. The van der Waals surface area contributed by atoms with Crippen molar-refractivity contribution in [1.29, 1.82) is 0 Å². The second kappa shape index (κ2) is 8.65. The van der Waals surface area contributed by atoms with E-state index in [-0.39, 0.29) is 18.6 Å². The Labute approximate surface area is 170 Å². The summed E-state index contributed by atoms with van der Waals surface area (Å²) in [4.78, 5) is 19.3. The van der Waals surface area contributed by atoms with Crippen LogP contribution in [-0.2, 0) is 11.3 Å². The molecule has 2 aromatic carbocycles. The Hall–Kier alpha value is -2.53. The number of hydrogen-bond acceptors (Lipinski definition) is 3. The molecule has 6 heteroatoms. The summed E-state index contributed by atoms with van der Waals surface area (Å²) in [5.41, 5.74) is 2.74. The first-order chi connectivity index (χ1) is 13.4. The van der Waals surface area contributed by atoms with Crippen LogP contribution in [0.1, 0.15) is 38.3 Å². The molecular weight excluding hydrogens is 374 g/mol. The monoisotopic (exact) mass is 399 g/mol. The number of imidazole rings is 1. The Bertz CT molecular complexity index is 979. The zero-order valence-electron chi connectivity index (χ0n) is 16.8. The first-order valence-corrected chi connectivity index (χ1v) is 9.98. The van der Waals surface area contributed by atoms with Gasteiger partial charge >= 0.3 is 0 Å². The average Bonchev–Trinajstić information content (AvgIpc) is 3.04. The van der Waals surface area contributed by atoms with Crippen LogP contribution in [-0.4, -0.2) is 33.4 Å². The molecule has 0 bridgehead atoms. The number of carbonyl (C=O) groups is 1. The highest BCUT2D eigenvalue weighted by Gasteiger charge is 2.21. The van der Waals surface area contributed by atoms with Gasteiger partial charge in [0.25, 0.3) is 0 Å². The highest BCUT2D eigenvalue weighted by molar-refractivity contribution is 6.31. The Morgan fingerprint density at radius 1 is 1.21 bits per heavy atom. The van der Waals surface area contributed by atoms with E-state index < -0.39 is 0 Å². The topological polar surface area (TPSA) is 47.4 Å². The minimum atomic E-state index is -0.322. The van der Waals surface area contributed by atoms with Crippen LogP contribution in [0.5, 0.6) is 5.75 Å². The maximum absolute atomic E-state index is 12.8. The fourth-order valence-corrected chi connectivity index (χ4v) is 3.45. The number of amides is 1. The maximum Gasteiger partial charge on any atom is 0.242 e. The zero-order valence-corrected chi connectivity index (χ0v) is 17.5. The number of fused-ring (bicyclic) bond motifs is 1. The minimum Gasteiger partial charge on any atom is -0.483 e. The molecule has 1 aromatic heterocycles. The molecule has 3 aromatic rings. The van der Waals surface area contributed by atoms with Crippen molar-refractivity contribution in [3.63, 3.8) is 0 Å². The van der Waals surface area contributed by atoms with Gasteiger partial charge in [-0.1, -0.05) is 23.7 Å². The number of carbonyl (C=O) groups excluding carboxylic acids is 1. The van der Waals surface area contributed by atoms with Gasteiger partial charge in [0, 0.05) is 18.1 Å². The quantitative estimate of drug-likeness (QED) is 0.561. The molecule has 1 amide bonds. The number of halogens is 1. The van der Waals surface area contributed by atoms with Gasteiger partial charge in [-0.15, -0.1) is 0 Å². The third-order valence-electron chi connectivity index (χ3n) is 4.90. The van der Waals surface area contributed by atoms with E-state index in [9.17, 15) is 4.79 Å². The molecule has 5 nitrogen and oxygen atoms in total. The Kier molecular flexibility index (Phi) is 6.25. The number of aromatic nitrogens is 2. The van der Waals surface area contributed by atoms with Crippen LogP contribution in [0.3, 0.4) is 0 Å². The number of rotatable bonds is 7. The molecule has 28 heavy (non-hydrogen) atoms. The van der Waals surface area contributed by atoms with E-state index in [0.717, 1.165) is 28.2 Å². The van der Waals surface area contributed by atoms with Crippen LogP contribution in [0.15, 0.2) is 42.5 Å². The van der Waals surface area contributed by atoms with Crippen LogP contribution >= 0.6 is 11.6 Å². The van der Waals surface area contributed by atoms with Crippen molar-refractivity contribution in [2.24, 2.45) is 0 Å². The molecule has 0 N–H and O–H groups in total. The summed E-state index contributed by atoms with van der Waals surface area (Å²) >= 11 is 6.11. The predicted octanol–water partition coefficient (Wildman–Crippen LogP) is 5.01. The average molecular weight is 400 g/mol. The number of ether oxygens (including phenoxy) is 1. The van der Waals surface area contributed by atoms with Gasteiger partial charge in [-0.3, -0.25) is 4.79 Å². The third-order valence-corrected chi connectivity index (χ3v) is 5.32. The van der Waals surface area contributed by atoms with E-state index in [1.54, 1.807) is 0 Å². The van der Waals surface area contributed by atoms with Crippen LogP contribution in [0.25, 0.3) is 11.0 Å². The van der Waals surface area contributed by atoms with E-state index in [4.69, 9.17) is 21.3 Å². The highest BCUT2D eigenvalue weighted by Crippen LogP contribution is 2.27. The lowest BCUT2D eigenvalue weighted by Gasteiger charge is -2.21. The van der Waals surface area contributed by atoms with Crippen LogP contribution in [0.2, 0.25) is 5.02 Å². The molecule has 148 valence electrons. The number of para-hydroxylation sites is 2. The maximum atomic E-state index is 12.8. The largest absolute Gasteiger partial charge is 0.483 e. The lowest BCUT2D eigenvalue weighted by molar-refractivity contribution is -0.131. The molecule has 3 rings (SSSR count). The van der Waals surface area contributed by atoms with Crippen molar-refractivity contribution in [1.82, 2.24) is 14.5 Å². The number of aryl methyl sites for hydroxylation is 1. The molecule has 0 fully saturated rings. The molecule has 0 radical (unpaired) electrons. The van der Waals surface area contributed by atoms with E-state index >= 15 is 0 Å². The number of nitrogens with zero attached hydrogens (tertiary/aromatic N) is 3. The SMILES string of the molecule is CCN(CC)C(=O)Cn1c(C(C)Oc2ccc(Cl)c(C)c2)nc2ccccc21. The number of hydrogen-bond donors (Lipinski definition) is 0. The summed E-state index contributed by atoms with van der Waals surface area (Å²) in [6.07, 6.45) is -0.322. The van der Waals surface area contributed by atoms with Crippen molar-refractivity contribution >= 4 is 28.5 Å². The van der Waals surface area contributed by atoms with Crippen molar-refractivity contribution in [2.45, 2.75) is 40.3 Å². The normalized spacial score (nSPS) is 12.2. The minimum absolute atomic E-state index is 0.0731. The fourth-order valence-electron chi connectivity index (χ4n) is 3.33. The zero-order chi connectivity index (χ0) is 20.3. The van der Waals surface area contributed by atoms with Gasteiger partial charge in [-0.25, -0.2) is 4.98 Å². The summed E-state index contributed by atoms with van der Waals surface area (Å²) < 4.78 is 8.10. The fraction of sp³-hybridized carbons (Fsp3) is 0.364. The molecule has 1 atom stereocenters. The van der Waals surface area contributed by atoms with Crippen molar-refractivity contribution in [3.8, 4) is 5.75 Å². The summed E-state index contributed by atoms with van der Waals surface area (Å²) in [6, 6.07) is 13.4. The van der Waals surface area contributed by atoms with Gasteiger partial charge in [0.05, 0.1) is 11.0 Å². The van der Waals surface area contributed by atoms with Crippen molar-refractivity contribution in [2.75, 3.05) is 13.1 Å². The van der Waals surface area contributed by atoms with Gasteiger partial charge in [0.15, 0.2) is 11.9 Å². The molecule has 0 aliphatic rings. The van der Waals surface area contributed by atoms with Gasteiger partial charge < -0.3 is 14.2 Å². The molecule has 0 aliphatic carbocycles. The second-order valence-electron chi connectivity index (χ2n) is 6.78. The van der Waals surface area contributed by atoms with Crippen molar-refractivity contribution in [3.05, 3.63) is 58.9 Å². The molecule has 1 unspecified atom stereocenters. The summed E-state index contributed by atoms with van der Waals surface area (Å²) in [7, 11) is 0. The first-order valence-electron chi connectivity index (χ1n) is 9.60. The number of likely N-dealkylation sites (N-methyl/N-ethyl adjacent to an activating group) is 1. The number of benzene rings is 2. The Morgan fingerprint density at radius 2 is 1.93 bits per heavy atom. The molecule has 0 saturated carbocycles. The van der Waals surface area contributed by atoms with E-state index in [2.05, 4.69) is 0 Å². The van der Waals surface area contributed by atoms with Crippen LogP contribution in [0, 0.1) is 6.92 Å². The van der Waals surface area contributed by atoms with Crippen LogP contribution < -0.4 is 4.74 Å². The Balaban J connectivity index is 1.95. The van der Waals surface area contributed by atoms with Crippen LogP contribution in [0.4, 0.5) is 0 Å². The van der Waals surface area contributed by atoms with Gasteiger partial charge in [0.1, 0.15) is 12.3 Å². The van der Waals surface area contributed by atoms with E-state index in [1.807, 2.05) is 79.6 Å². The molecule has 1 heterocycles. The summed E-state index contributed by atoms with van der Waals surface area (Å²) in [5, 5.41) is 0.706. The van der Waals surface area contributed by atoms with Gasteiger partial charge in [0.2, 0.25) is 5.91 Å². The highest BCUT2D eigenvalue weighted by atomic mass is 35.5. The lowest BCUT2D eigenvalue weighted by Crippen LogP contribution is -2.34. The third kappa shape index (κ3) is 4.14. The lowest BCUT2D eigenvalue weighted by atomic mass is 10.2. The predicted molar refractivity (Wildman–Crippen MR) is 113 cm³/mol. The first kappa shape index (κ1) is 20.2. The van der Waals surface area contributed by atoms with Gasteiger partial charge in [-0.2, -0.15) is 0 Å². The second-order valence-corrected chi connectivity index (χ2v) is 7.19. The van der Waals surface area contributed by atoms with E-state index in [0.29, 0.717) is 18.1 Å². The summed E-state index contributed by atoms with van der Waals surface area (Å²) in [5.74, 6) is 1.53. The standard InChI is InChI=1S/C22H26ClN3O2/c1-5-25(6-2)21(27)14-26-20-10-8-7-9-19(20)24-22(26)16(4)28-17-11-12-18(23)15(3)13-17/h7-13,16H,5-6,14H2,1-4H3. The summed E-state index contributed by atoms with van der Waals surface area (Å²) in [6.45, 7) is 9.49. The van der Waals surface area contributed by atoms with E-state index in [1.165, 1.54) is 0 Å². The van der Waals surface area contributed by atoms with Gasteiger partial charge in [-0.05, 0) is 63.6 Å². The Morgan fingerprint density at radius 3 is 2.61 bits per heavy atom. The van der Waals surface area contributed by atoms with Crippen molar-refractivity contribution < 1.29 is 9.53 Å². The molecule has 0 aliphatic heterocycles. The molecular formula is C22H26ClN3O2. The molecule has 0 saturated heterocycles. The molecule has 0 spiro atoms.